The molecule has 1 amide bonds. The lowest BCUT2D eigenvalue weighted by Crippen LogP contribution is -2.32. The van der Waals surface area contributed by atoms with Crippen molar-refractivity contribution in [3.8, 4) is 0 Å². The van der Waals surface area contributed by atoms with Gasteiger partial charge in [-0.1, -0.05) is 23.8 Å². The minimum atomic E-state index is -1.01. The van der Waals surface area contributed by atoms with Crippen LogP contribution in [0.2, 0.25) is 5.02 Å². The van der Waals surface area contributed by atoms with E-state index >= 15 is 0 Å². The van der Waals surface area contributed by atoms with Crippen molar-refractivity contribution in [1.82, 2.24) is 5.32 Å². The molecule has 0 aromatic heterocycles. The summed E-state index contributed by atoms with van der Waals surface area (Å²) >= 11 is 5.86. The molecule has 0 heterocycles. The largest absolute Gasteiger partial charge is 0.478 e. The van der Waals surface area contributed by atoms with Gasteiger partial charge in [0, 0.05) is 11.6 Å². The molecule has 0 unspecified atom stereocenters. The van der Waals surface area contributed by atoms with Crippen molar-refractivity contribution in [2.24, 2.45) is 0 Å². The minimum absolute atomic E-state index is 0.181. The SMILES string of the molecule is CC(C)(C)OC(=O)NCCC=Cc1cc(Cl)ccc1C(=O)O. The zero-order valence-corrected chi connectivity index (χ0v) is 13.6. The summed E-state index contributed by atoms with van der Waals surface area (Å²) in [6, 6.07) is 4.58. The Hall–Kier alpha value is -2.01. The summed E-state index contributed by atoms with van der Waals surface area (Å²) in [4.78, 5) is 22.5. The molecule has 1 rings (SSSR count). The smallest absolute Gasteiger partial charge is 0.407 e. The number of hydrogen-bond donors (Lipinski definition) is 2. The molecule has 5 nitrogen and oxygen atoms in total. The summed E-state index contributed by atoms with van der Waals surface area (Å²) in [5.41, 5.74) is 0.176. The maximum absolute atomic E-state index is 11.4. The van der Waals surface area contributed by atoms with Gasteiger partial charge in [-0.2, -0.15) is 0 Å². The third kappa shape index (κ3) is 6.63. The van der Waals surface area contributed by atoms with Crippen LogP contribution in [0.1, 0.15) is 43.1 Å². The van der Waals surface area contributed by atoms with Gasteiger partial charge < -0.3 is 15.2 Å². The van der Waals surface area contributed by atoms with Crippen LogP contribution in [0.15, 0.2) is 24.3 Å². The maximum atomic E-state index is 11.4. The van der Waals surface area contributed by atoms with E-state index in [-0.39, 0.29) is 5.56 Å². The molecule has 0 radical (unpaired) electrons. The molecule has 6 heteroatoms. The number of alkyl carbamates (subject to hydrolysis) is 1. The molecule has 0 saturated heterocycles. The van der Waals surface area contributed by atoms with E-state index in [2.05, 4.69) is 5.32 Å². The second kappa shape index (κ2) is 7.84. The third-order valence-electron chi connectivity index (χ3n) is 2.52. The van der Waals surface area contributed by atoms with Crippen LogP contribution < -0.4 is 5.32 Å². The van der Waals surface area contributed by atoms with E-state index in [4.69, 9.17) is 21.4 Å². The average Bonchev–Trinajstić information content (AvgIpc) is 2.35. The fourth-order valence-corrected chi connectivity index (χ4v) is 1.83. The lowest BCUT2D eigenvalue weighted by atomic mass is 10.1. The number of carboxylic acid groups (broad SMARTS) is 1. The van der Waals surface area contributed by atoms with Crippen LogP contribution in [0, 0.1) is 0 Å². The average molecular weight is 326 g/mol. The molecule has 22 heavy (non-hydrogen) atoms. The summed E-state index contributed by atoms with van der Waals surface area (Å²) < 4.78 is 5.10. The number of rotatable bonds is 5. The number of halogens is 1. The van der Waals surface area contributed by atoms with Crippen molar-refractivity contribution in [2.45, 2.75) is 32.8 Å². The highest BCUT2D eigenvalue weighted by molar-refractivity contribution is 6.30. The van der Waals surface area contributed by atoms with Gasteiger partial charge in [-0.05, 0) is 51.0 Å². The van der Waals surface area contributed by atoms with Gasteiger partial charge in [0.2, 0.25) is 0 Å². The second-order valence-electron chi connectivity index (χ2n) is 5.66. The van der Waals surface area contributed by atoms with Gasteiger partial charge in [0.25, 0.3) is 0 Å². The van der Waals surface area contributed by atoms with Crippen LogP contribution in [0.25, 0.3) is 6.08 Å². The second-order valence-corrected chi connectivity index (χ2v) is 6.09. The van der Waals surface area contributed by atoms with Gasteiger partial charge >= 0.3 is 12.1 Å². The molecule has 0 aliphatic rings. The lowest BCUT2D eigenvalue weighted by Gasteiger charge is -2.19. The normalized spacial score (nSPS) is 11.5. The Bertz CT molecular complexity index is 576. The molecule has 1 aromatic carbocycles. The number of hydrogen-bond acceptors (Lipinski definition) is 3. The number of ether oxygens (including phenoxy) is 1. The van der Waals surface area contributed by atoms with E-state index in [9.17, 15) is 9.59 Å². The lowest BCUT2D eigenvalue weighted by molar-refractivity contribution is 0.0528. The van der Waals surface area contributed by atoms with Gasteiger partial charge in [0.05, 0.1) is 5.56 Å². The van der Waals surface area contributed by atoms with E-state index in [0.29, 0.717) is 23.6 Å². The van der Waals surface area contributed by atoms with E-state index in [1.165, 1.54) is 12.1 Å². The molecule has 0 spiro atoms. The number of benzene rings is 1. The molecule has 1 aromatic rings. The Morgan fingerprint density at radius 3 is 2.64 bits per heavy atom. The van der Waals surface area contributed by atoms with E-state index in [0.717, 1.165) is 0 Å². The van der Waals surface area contributed by atoms with Gasteiger partial charge in [-0.3, -0.25) is 0 Å². The highest BCUT2D eigenvalue weighted by Gasteiger charge is 2.15. The van der Waals surface area contributed by atoms with Crippen LogP contribution >= 0.6 is 11.6 Å². The van der Waals surface area contributed by atoms with Crippen LogP contribution in [0.5, 0.6) is 0 Å². The Morgan fingerprint density at radius 2 is 2.05 bits per heavy atom. The van der Waals surface area contributed by atoms with Gasteiger partial charge in [0.15, 0.2) is 0 Å². The third-order valence-corrected chi connectivity index (χ3v) is 2.76. The number of aromatic carboxylic acids is 1. The molecule has 0 fully saturated rings. The number of carbonyl (C=O) groups excluding carboxylic acids is 1. The first-order valence-electron chi connectivity index (χ1n) is 6.85. The Balaban J connectivity index is 2.52. The fraction of sp³-hybridized carbons (Fsp3) is 0.375. The van der Waals surface area contributed by atoms with Crippen LogP contribution in [-0.4, -0.2) is 29.3 Å². The summed E-state index contributed by atoms with van der Waals surface area (Å²) in [7, 11) is 0. The number of nitrogens with one attached hydrogen (secondary N) is 1. The van der Waals surface area contributed by atoms with Crippen molar-refractivity contribution >= 4 is 29.7 Å². The number of carbonyl (C=O) groups is 2. The van der Waals surface area contributed by atoms with E-state index in [1.807, 2.05) is 0 Å². The first-order chi connectivity index (χ1) is 10.2. The van der Waals surface area contributed by atoms with Crippen molar-refractivity contribution in [1.29, 1.82) is 0 Å². The Labute approximate surface area is 134 Å². The van der Waals surface area contributed by atoms with Crippen LogP contribution in [0.4, 0.5) is 4.79 Å². The van der Waals surface area contributed by atoms with Crippen LogP contribution in [0.3, 0.4) is 0 Å². The van der Waals surface area contributed by atoms with Gasteiger partial charge in [-0.25, -0.2) is 9.59 Å². The molecule has 0 bridgehead atoms. The summed E-state index contributed by atoms with van der Waals surface area (Å²) in [5.74, 6) is -1.01. The standard InChI is InChI=1S/C16H20ClNO4/c1-16(2,3)22-15(21)18-9-5-4-6-11-10-12(17)7-8-13(11)14(19)20/h4,6-8,10H,5,9H2,1-3H3,(H,18,21)(H,19,20). The van der Waals surface area contributed by atoms with E-state index in [1.54, 1.807) is 39.0 Å². The zero-order chi connectivity index (χ0) is 16.8. The molecule has 0 aliphatic carbocycles. The molecular formula is C16H20ClNO4. The highest BCUT2D eigenvalue weighted by Crippen LogP contribution is 2.18. The summed E-state index contributed by atoms with van der Waals surface area (Å²) in [6.45, 7) is 5.77. The number of carboxylic acids is 1. The Morgan fingerprint density at radius 1 is 1.36 bits per heavy atom. The quantitative estimate of drug-likeness (QED) is 0.803. The van der Waals surface area contributed by atoms with Gasteiger partial charge in [0.1, 0.15) is 5.60 Å². The predicted molar refractivity (Wildman–Crippen MR) is 86.3 cm³/mol. The van der Waals surface area contributed by atoms with Gasteiger partial charge in [-0.15, -0.1) is 0 Å². The Kier molecular flexibility index (Phi) is 6.43. The maximum Gasteiger partial charge on any atom is 0.407 e. The summed E-state index contributed by atoms with van der Waals surface area (Å²) in [6.07, 6.45) is 3.52. The fourth-order valence-electron chi connectivity index (χ4n) is 1.65. The minimum Gasteiger partial charge on any atom is -0.478 e. The predicted octanol–water partition coefficient (Wildman–Crippen LogP) is 3.97. The molecule has 0 aliphatic heterocycles. The van der Waals surface area contributed by atoms with Crippen LogP contribution in [-0.2, 0) is 4.74 Å². The van der Waals surface area contributed by atoms with E-state index < -0.39 is 17.7 Å². The highest BCUT2D eigenvalue weighted by atomic mass is 35.5. The van der Waals surface area contributed by atoms with Crippen molar-refractivity contribution in [3.05, 3.63) is 40.4 Å². The zero-order valence-electron chi connectivity index (χ0n) is 12.9. The molecule has 120 valence electrons. The first kappa shape index (κ1) is 18.0. The molecule has 2 N–H and O–H groups in total. The summed E-state index contributed by atoms with van der Waals surface area (Å²) in [5, 5.41) is 12.2. The monoisotopic (exact) mass is 325 g/mol. The van der Waals surface area contributed by atoms with Crippen molar-refractivity contribution in [3.63, 3.8) is 0 Å². The molecule has 0 saturated carbocycles. The molecular weight excluding hydrogens is 306 g/mol. The molecule has 0 atom stereocenters. The number of amides is 1. The topological polar surface area (TPSA) is 75.6 Å². The van der Waals surface area contributed by atoms with Crippen molar-refractivity contribution < 1.29 is 19.4 Å². The first-order valence-corrected chi connectivity index (χ1v) is 7.23. The van der Waals surface area contributed by atoms with Crippen molar-refractivity contribution in [2.75, 3.05) is 6.54 Å².